The van der Waals surface area contributed by atoms with Crippen LogP contribution in [-0.4, -0.2) is 47.7 Å². The van der Waals surface area contributed by atoms with Crippen molar-refractivity contribution in [3.05, 3.63) is 16.8 Å². The minimum absolute atomic E-state index is 0.116. The van der Waals surface area contributed by atoms with E-state index >= 15 is 0 Å². The lowest BCUT2D eigenvalue weighted by molar-refractivity contribution is -0.129. The van der Waals surface area contributed by atoms with Gasteiger partial charge in [-0.2, -0.15) is 5.10 Å². The lowest BCUT2D eigenvalue weighted by atomic mass is 10.1. The quantitative estimate of drug-likeness (QED) is 0.876. The molecule has 1 unspecified atom stereocenters. The Morgan fingerprint density at radius 1 is 1.40 bits per heavy atom. The molecule has 1 atom stereocenters. The smallest absolute Gasteiger partial charge is 0.244 e. The van der Waals surface area contributed by atoms with Crippen LogP contribution in [0.25, 0.3) is 0 Å². The summed E-state index contributed by atoms with van der Waals surface area (Å²) in [6.45, 7) is 5.18. The summed E-state index contributed by atoms with van der Waals surface area (Å²) in [5.74, 6) is 0.888. The van der Waals surface area contributed by atoms with Crippen molar-refractivity contribution in [2.24, 2.45) is 5.73 Å². The monoisotopic (exact) mass is 277 g/mol. The second kappa shape index (κ2) is 5.75. The van der Waals surface area contributed by atoms with Crippen molar-refractivity contribution >= 4 is 11.7 Å². The van der Waals surface area contributed by atoms with Gasteiger partial charge in [0, 0.05) is 32.7 Å². The maximum atomic E-state index is 12.3. The third kappa shape index (κ3) is 2.47. The van der Waals surface area contributed by atoms with Crippen LogP contribution < -0.4 is 10.6 Å². The lowest BCUT2D eigenvalue weighted by Crippen LogP contribution is -2.43. The second-order valence-electron chi connectivity index (χ2n) is 5.50. The van der Waals surface area contributed by atoms with Gasteiger partial charge in [0.25, 0.3) is 0 Å². The zero-order valence-electron chi connectivity index (χ0n) is 12.7. The van der Waals surface area contributed by atoms with Crippen molar-refractivity contribution in [1.82, 2.24) is 15.1 Å². The molecule has 1 amide bonds. The van der Waals surface area contributed by atoms with Gasteiger partial charge < -0.3 is 15.5 Å². The number of carbonyl (C=O) groups excluding carboxylic acids is 1. The highest BCUT2D eigenvalue weighted by Crippen LogP contribution is 2.29. The number of hydrogen-bond acceptors (Lipinski definition) is 5. The number of amides is 1. The van der Waals surface area contributed by atoms with Gasteiger partial charge in [0.2, 0.25) is 5.91 Å². The predicted molar refractivity (Wildman–Crippen MR) is 78.5 cm³/mol. The fraction of sp³-hybridized carbons (Fsp3) is 0.643. The number of hydrogen-bond donors (Lipinski definition) is 1. The average molecular weight is 277 g/mol. The molecule has 20 heavy (non-hydrogen) atoms. The van der Waals surface area contributed by atoms with Gasteiger partial charge in [0.15, 0.2) is 5.82 Å². The summed E-state index contributed by atoms with van der Waals surface area (Å²) in [5, 5.41) is 8.51. The van der Waals surface area contributed by atoms with E-state index in [1.54, 1.807) is 19.0 Å². The maximum absolute atomic E-state index is 12.3. The highest BCUT2D eigenvalue weighted by atomic mass is 16.2. The number of anilines is 1. The molecule has 6 nitrogen and oxygen atoms in total. The molecule has 1 saturated heterocycles. The SMILES string of the molecule is Cc1nnc(N2CCCC2C(=O)N(C)C)c(CN)c1C. The molecule has 2 heterocycles. The van der Waals surface area contributed by atoms with Crippen LogP contribution >= 0.6 is 0 Å². The summed E-state index contributed by atoms with van der Waals surface area (Å²) in [6.07, 6.45) is 1.85. The summed E-state index contributed by atoms with van der Waals surface area (Å²) < 4.78 is 0. The Bertz CT molecular complexity index is 515. The molecule has 1 aliphatic rings. The number of aryl methyl sites for hydroxylation is 1. The van der Waals surface area contributed by atoms with E-state index < -0.39 is 0 Å². The Balaban J connectivity index is 2.40. The molecule has 1 aliphatic heterocycles. The van der Waals surface area contributed by atoms with Gasteiger partial charge in [0.1, 0.15) is 6.04 Å². The highest BCUT2D eigenvalue weighted by Gasteiger charge is 2.34. The van der Waals surface area contributed by atoms with Crippen molar-refractivity contribution in [1.29, 1.82) is 0 Å². The minimum Gasteiger partial charge on any atom is -0.347 e. The number of aromatic nitrogens is 2. The van der Waals surface area contributed by atoms with Crippen molar-refractivity contribution in [3.63, 3.8) is 0 Å². The lowest BCUT2D eigenvalue weighted by Gasteiger charge is -2.28. The van der Waals surface area contributed by atoms with E-state index in [9.17, 15) is 4.79 Å². The van der Waals surface area contributed by atoms with Gasteiger partial charge in [-0.3, -0.25) is 4.79 Å². The van der Waals surface area contributed by atoms with Gasteiger partial charge in [-0.1, -0.05) is 0 Å². The molecule has 0 bridgehead atoms. The van der Waals surface area contributed by atoms with E-state index in [0.717, 1.165) is 42.0 Å². The van der Waals surface area contributed by atoms with E-state index in [-0.39, 0.29) is 11.9 Å². The number of carbonyl (C=O) groups is 1. The van der Waals surface area contributed by atoms with Crippen molar-refractivity contribution in [2.45, 2.75) is 39.3 Å². The molecule has 0 radical (unpaired) electrons. The van der Waals surface area contributed by atoms with Crippen LogP contribution in [0.3, 0.4) is 0 Å². The first kappa shape index (κ1) is 14.7. The summed E-state index contributed by atoms with van der Waals surface area (Å²) in [7, 11) is 3.57. The van der Waals surface area contributed by atoms with Crippen LogP contribution in [0.15, 0.2) is 0 Å². The Labute approximate surface area is 120 Å². The Morgan fingerprint density at radius 3 is 2.70 bits per heavy atom. The molecular weight excluding hydrogens is 254 g/mol. The Kier molecular flexibility index (Phi) is 4.23. The van der Waals surface area contributed by atoms with E-state index in [2.05, 4.69) is 15.1 Å². The third-order valence-electron chi connectivity index (χ3n) is 4.01. The fourth-order valence-electron chi connectivity index (χ4n) is 2.69. The molecule has 0 aromatic carbocycles. The van der Waals surface area contributed by atoms with E-state index in [1.165, 1.54) is 0 Å². The van der Waals surface area contributed by atoms with Crippen LogP contribution in [0.1, 0.15) is 29.7 Å². The number of rotatable bonds is 3. The largest absolute Gasteiger partial charge is 0.347 e. The van der Waals surface area contributed by atoms with Gasteiger partial charge in [-0.25, -0.2) is 0 Å². The highest BCUT2D eigenvalue weighted by molar-refractivity contribution is 5.85. The predicted octanol–water partition coefficient (Wildman–Crippen LogP) is 0.609. The van der Waals surface area contributed by atoms with Crippen LogP contribution in [0.2, 0.25) is 0 Å². The summed E-state index contributed by atoms with van der Waals surface area (Å²) in [6, 6.07) is -0.147. The fourth-order valence-corrected chi connectivity index (χ4v) is 2.69. The molecule has 1 aromatic rings. The van der Waals surface area contributed by atoms with Gasteiger partial charge in [-0.05, 0) is 32.3 Å². The van der Waals surface area contributed by atoms with Crippen molar-refractivity contribution in [3.8, 4) is 0 Å². The zero-order valence-corrected chi connectivity index (χ0v) is 12.7. The van der Waals surface area contributed by atoms with E-state index in [0.29, 0.717) is 6.54 Å². The number of likely N-dealkylation sites (N-methyl/N-ethyl adjacent to an activating group) is 1. The molecule has 0 spiro atoms. The summed E-state index contributed by atoms with van der Waals surface area (Å²) in [4.78, 5) is 16.0. The van der Waals surface area contributed by atoms with Crippen molar-refractivity contribution < 1.29 is 4.79 Å². The van der Waals surface area contributed by atoms with Crippen molar-refractivity contribution in [2.75, 3.05) is 25.5 Å². The van der Waals surface area contributed by atoms with Gasteiger partial charge in [-0.15, -0.1) is 5.10 Å². The molecule has 1 aromatic heterocycles. The molecule has 0 aliphatic carbocycles. The molecular formula is C14H23N5O. The molecule has 6 heteroatoms. The molecule has 110 valence electrons. The summed E-state index contributed by atoms with van der Waals surface area (Å²) in [5.41, 5.74) is 8.84. The minimum atomic E-state index is -0.147. The Morgan fingerprint density at radius 2 is 2.10 bits per heavy atom. The topological polar surface area (TPSA) is 75.4 Å². The second-order valence-corrected chi connectivity index (χ2v) is 5.50. The Hall–Kier alpha value is -1.69. The van der Waals surface area contributed by atoms with Crippen LogP contribution in [-0.2, 0) is 11.3 Å². The summed E-state index contributed by atoms with van der Waals surface area (Å²) >= 11 is 0. The number of nitrogens with zero attached hydrogens (tertiary/aromatic N) is 4. The normalized spacial score (nSPS) is 18.4. The number of nitrogens with two attached hydrogens (primary N) is 1. The molecule has 2 N–H and O–H groups in total. The van der Waals surface area contributed by atoms with Gasteiger partial charge >= 0.3 is 0 Å². The van der Waals surface area contributed by atoms with Crippen LogP contribution in [0.5, 0.6) is 0 Å². The average Bonchev–Trinajstić information content (AvgIpc) is 2.89. The third-order valence-corrected chi connectivity index (χ3v) is 4.01. The zero-order chi connectivity index (χ0) is 14.9. The first-order valence-corrected chi connectivity index (χ1v) is 6.98. The van der Waals surface area contributed by atoms with Gasteiger partial charge in [0.05, 0.1) is 5.69 Å². The standard InChI is InChI=1S/C14H23N5O/c1-9-10(2)16-17-13(11(9)8-15)19-7-5-6-12(19)14(20)18(3)4/h12H,5-8,15H2,1-4H3. The van der Waals surface area contributed by atoms with E-state index in [1.807, 2.05) is 13.8 Å². The first-order valence-electron chi connectivity index (χ1n) is 6.98. The molecule has 0 saturated carbocycles. The molecule has 1 fully saturated rings. The molecule has 2 rings (SSSR count). The van der Waals surface area contributed by atoms with Crippen LogP contribution in [0.4, 0.5) is 5.82 Å². The van der Waals surface area contributed by atoms with Crippen LogP contribution in [0, 0.1) is 13.8 Å². The first-order chi connectivity index (χ1) is 9.47. The van der Waals surface area contributed by atoms with E-state index in [4.69, 9.17) is 5.73 Å². The maximum Gasteiger partial charge on any atom is 0.244 e.